The van der Waals surface area contributed by atoms with Gasteiger partial charge in [-0.05, 0) is 57.5 Å². The first-order valence-electron chi connectivity index (χ1n) is 6.28. The molecule has 0 amide bonds. The highest BCUT2D eigenvalue weighted by atomic mass is 14.9. The van der Waals surface area contributed by atoms with Gasteiger partial charge in [0.25, 0.3) is 0 Å². The quantitative estimate of drug-likeness (QED) is 0.725. The van der Waals surface area contributed by atoms with Crippen LogP contribution in [0.3, 0.4) is 0 Å². The molecule has 1 saturated heterocycles. The van der Waals surface area contributed by atoms with Crippen molar-refractivity contribution in [3.63, 3.8) is 0 Å². The Morgan fingerprint density at radius 2 is 2.00 bits per heavy atom. The summed E-state index contributed by atoms with van der Waals surface area (Å²) in [5.41, 5.74) is 6.58. The predicted molar refractivity (Wildman–Crippen MR) is 60.2 cm³/mol. The van der Waals surface area contributed by atoms with Gasteiger partial charge in [0, 0.05) is 5.54 Å². The summed E-state index contributed by atoms with van der Waals surface area (Å²) in [7, 11) is 0. The molecule has 1 aliphatic heterocycles. The molecule has 1 saturated carbocycles. The Balaban J connectivity index is 1.70. The van der Waals surface area contributed by atoms with Crippen molar-refractivity contribution in [1.29, 1.82) is 0 Å². The van der Waals surface area contributed by atoms with Crippen molar-refractivity contribution in [3.8, 4) is 0 Å². The van der Waals surface area contributed by atoms with Gasteiger partial charge in [0.15, 0.2) is 0 Å². The number of piperidine rings is 1. The minimum absolute atomic E-state index is 0.220. The Bertz CT molecular complexity index is 167. The van der Waals surface area contributed by atoms with Crippen LogP contribution >= 0.6 is 0 Å². The maximum absolute atomic E-state index is 6.36. The van der Waals surface area contributed by atoms with Crippen LogP contribution in [0, 0.1) is 5.92 Å². The van der Waals surface area contributed by atoms with E-state index in [0.29, 0.717) is 0 Å². The average molecular weight is 196 g/mol. The van der Waals surface area contributed by atoms with Gasteiger partial charge in [-0.25, -0.2) is 0 Å². The van der Waals surface area contributed by atoms with Crippen LogP contribution < -0.4 is 11.1 Å². The molecule has 3 N–H and O–H groups in total. The summed E-state index contributed by atoms with van der Waals surface area (Å²) in [6, 6.07) is 0. The smallest absolute Gasteiger partial charge is 0.0154 e. The Labute approximate surface area is 87.6 Å². The fourth-order valence-corrected chi connectivity index (χ4v) is 2.99. The van der Waals surface area contributed by atoms with Crippen molar-refractivity contribution < 1.29 is 0 Å². The van der Waals surface area contributed by atoms with E-state index in [-0.39, 0.29) is 5.54 Å². The zero-order valence-corrected chi connectivity index (χ0v) is 9.23. The molecule has 2 nitrogen and oxygen atoms in total. The highest BCUT2D eigenvalue weighted by Gasteiger charge is 2.29. The monoisotopic (exact) mass is 196 g/mol. The van der Waals surface area contributed by atoms with Gasteiger partial charge in [-0.1, -0.05) is 12.8 Å². The van der Waals surface area contributed by atoms with Crippen molar-refractivity contribution >= 4 is 0 Å². The minimum Gasteiger partial charge on any atom is -0.325 e. The molecule has 0 aromatic heterocycles. The van der Waals surface area contributed by atoms with E-state index in [0.717, 1.165) is 5.92 Å². The lowest BCUT2D eigenvalue weighted by atomic mass is 9.86. The van der Waals surface area contributed by atoms with Crippen LogP contribution in [0.1, 0.15) is 51.4 Å². The molecule has 0 aromatic carbocycles. The van der Waals surface area contributed by atoms with Crippen molar-refractivity contribution in [3.05, 3.63) is 0 Å². The molecule has 1 heterocycles. The largest absolute Gasteiger partial charge is 0.325 e. The van der Waals surface area contributed by atoms with Crippen molar-refractivity contribution in [1.82, 2.24) is 5.32 Å². The molecule has 1 atom stereocenters. The molecule has 2 aliphatic rings. The number of hydrogen-bond acceptors (Lipinski definition) is 2. The standard InChI is InChI=1S/C12H24N2/c13-12(6-1-2-7-12)8-5-11-4-3-9-14-10-11/h11,14H,1-10,13H2. The normalized spacial score (nSPS) is 31.9. The molecule has 2 fully saturated rings. The fourth-order valence-electron chi connectivity index (χ4n) is 2.99. The van der Waals surface area contributed by atoms with E-state index in [4.69, 9.17) is 5.73 Å². The third-order valence-corrected chi connectivity index (χ3v) is 4.05. The van der Waals surface area contributed by atoms with E-state index in [2.05, 4.69) is 5.32 Å². The van der Waals surface area contributed by atoms with Crippen LogP contribution in [0.2, 0.25) is 0 Å². The molecule has 0 radical (unpaired) electrons. The number of hydrogen-bond donors (Lipinski definition) is 2. The van der Waals surface area contributed by atoms with Gasteiger partial charge in [-0.3, -0.25) is 0 Å². The minimum atomic E-state index is 0.220. The summed E-state index contributed by atoms with van der Waals surface area (Å²) < 4.78 is 0. The van der Waals surface area contributed by atoms with Gasteiger partial charge in [0.1, 0.15) is 0 Å². The maximum atomic E-state index is 6.36. The number of nitrogens with one attached hydrogen (secondary N) is 1. The Kier molecular flexibility index (Phi) is 3.45. The van der Waals surface area contributed by atoms with E-state index in [1.807, 2.05) is 0 Å². The topological polar surface area (TPSA) is 38.0 Å². The van der Waals surface area contributed by atoms with Crippen LogP contribution in [0.15, 0.2) is 0 Å². The zero-order chi connectivity index (χ0) is 9.86. The first-order chi connectivity index (χ1) is 6.79. The predicted octanol–water partition coefficient (Wildman–Crippen LogP) is 2.04. The van der Waals surface area contributed by atoms with Gasteiger partial charge < -0.3 is 11.1 Å². The van der Waals surface area contributed by atoms with Crippen molar-refractivity contribution in [2.24, 2.45) is 11.7 Å². The summed E-state index contributed by atoms with van der Waals surface area (Å²) in [6.45, 7) is 2.46. The van der Waals surface area contributed by atoms with E-state index >= 15 is 0 Å². The van der Waals surface area contributed by atoms with Gasteiger partial charge in [-0.2, -0.15) is 0 Å². The van der Waals surface area contributed by atoms with Gasteiger partial charge in [0.05, 0.1) is 0 Å². The highest BCUT2D eigenvalue weighted by Crippen LogP contribution is 2.32. The summed E-state index contributed by atoms with van der Waals surface area (Å²) in [5.74, 6) is 0.907. The maximum Gasteiger partial charge on any atom is 0.0154 e. The van der Waals surface area contributed by atoms with Crippen LogP contribution in [-0.2, 0) is 0 Å². The molecular formula is C12H24N2. The van der Waals surface area contributed by atoms with E-state index < -0.39 is 0 Å². The third kappa shape index (κ3) is 2.71. The molecule has 0 bridgehead atoms. The third-order valence-electron chi connectivity index (χ3n) is 4.05. The lowest BCUT2D eigenvalue weighted by molar-refractivity contribution is 0.301. The molecule has 14 heavy (non-hydrogen) atoms. The molecule has 0 spiro atoms. The summed E-state index contributed by atoms with van der Waals surface area (Å²) in [4.78, 5) is 0. The van der Waals surface area contributed by atoms with E-state index in [9.17, 15) is 0 Å². The van der Waals surface area contributed by atoms with E-state index in [1.165, 1.54) is 64.5 Å². The zero-order valence-electron chi connectivity index (χ0n) is 9.23. The SMILES string of the molecule is NC1(CCC2CCCNC2)CCCC1. The lowest BCUT2D eigenvalue weighted by Gasteiger charge is -2.28. The molecule has 1 unspecified atom stereocenters. The lowest BCUT2D eigenvalue weighted by Crippen LogP contribution is -2.38. The molecule has 0 aromatic rings. The van der Waals surface area contributed by atoms with Crippen molar-refractivity contribution in [2.75, 3.05) is 13.1 Å². The fraction of sp³-hybridized carbons (Fsp3) is 1.00. The van der Waals surface area contributed by atoms with Gasteiger partial charge in [0.2, 0.25) is 0 Å². The highest BCUT2D eigenvalue weighted by molar-refractivity contribution is 4.89. The number of nitrogens with two attached hydrogens (primary N) is 1. The summed E-state index contributed by atoms with van der Waals surface area (Å²) in [6.07, 6.45) is 10.7. The van der Waals surface area contributed by atoms with Gasteiger partial charge in [-0.15, -0.1) is 0 Å². The average Bonchev–Trinajstić information content (AvgIpc) is 2.65. The van der Waals surface area contributed by atoms with Crippen LogP contribution in [-0.4, -0.2) is 18.6 Å². The second-order valence-electron chi connectivity index (χ2n) is 5.32. The molecule has 82 valence electrons. The molecule has 2 heteroatoms. The first-order valence-corrected chi connectivity index (χ1v) is 6.28. The second kappa shape index (κ2) is 4.63. The Hall–Kier alpha value is -0.0800. The van der Waals surface area contributed by atoms with E-state index in [1.54, 1.807) is 0 Å². The van der Waals surface area contributed by atoms with Crippen LogP contribution in [0.5, 0.6) is 0 Å². The summed E-state index contributed by atoms with van der Waals surface area (Å²) >= 11 is 0. The summed E-state index contributed by atoms with van der Waals surface area (Å²) in [5, 5.41) is 3.48. The van der Waals surface area contributed by atoms with Crippen molar-refractivity contribution in [2.45, 2.75) is 56.9 Å². The number of rotatable bonds is 3. The Morgan fingerprint density at radius 3 is 2.64 bits per heavy atom. The Morgan fingerprint density at radius 1 is 1.21 bits per heavy atom. The molecular weight excluding hydrogens is 172 g/mol. The molecule has 1 aliphatic carbocycles. The van der Waals surface area contributed by atoms with Gasteiger partial charge >= 0.3 is 0 Å². The molecule has 2 rings (SSSR count). The van der Waals surface area contributed by atoms with Crippen LogP contribution in [0.25, 0.3) is 0 Å². The first kappa shape index (κ1) is 10.4. The van der Waals surface area contributed by atoms with Crippen LogP contribution in [0.4, 0.5) is 0 Å². The second-order valence-corrected chi connectivity index (χ2v) is 5.32.